The standard InChI is InChI=1S/C28H34N6O/c1-19(2)26(27-30-31-32-34(27)24-14-7-8-15-24)33(17-21-11-5-4-6-12-21)18-23-16-22-13-9-10-20(3)25(22)29-28(23)35/h4-6,9-13,16,19,24,26H,7-8,14-15,17-18H2,1-3H3,(H,29,35). The van der Waals surface area contributed by atoms with Gasteiger partial charge in [0, 0.05) is 18.7 Å². The summed E-state index contributed by atoms with van der Waals surface area (Å²) < 4.78 is 2.06. The van der Waals surface area contributed by atoms with Gasteiger partial charge in [0.05, 0.1) is 17.6 Å². The van der Waals surface area contributed by atoms with Crippen molar-refractivity contribution in [2.45, 2.75) is 71.6 Å². The van der Waals surface area contributed by atoms with Crippen molar-refractivity contribution in [1.29, 1.82) is 0 Å². The number of tetrazole rings is 1. The van der Waals surface area contributed by atoms with Crippen molar-refractivity contribution in [3.05, 3.63) is 87.5 Å². The maximum absolute atomic E-state index is 13.2. The average molecular weight is 471 g/mol. The van der Waals surface area contributed by atoms with Crippen molar-refractivity contribution >= 4 is 10.9 Å². The smallest absolute Gasteiger partial charge is 0.252 e. The van der Waals surface area contributed by atoms with Crippen molar-refractivity contribution in [2.24, 2.45) is 5.92 Å². The number of aromatic amines is 1. The molecule has 1 aliphatic carbocycles. The molecule has 1 aliphatic rings. The summed E-state index contributed by atoms with van der Waals surface area (Å²) >= 11 is 0. The molecule has 0 amide bonds. The van der Waals surface area contributed by atoms with Crippen LogP contribution >= 0.6 is 0 Å². The van der Waals surface area contributed by atoms with Gasteiger partial charge in [-0.05, 0) is 58.7 Å². The molecule has 1 unspecified atom stereocenters. The van der Waals surface area contributed by atoms with Crippen LogP contribution in [0.5, 0.6) is 0 Å². The number of benzene rings is 2. The zero-order valence-electron chi connectivity index (χ0n) is 20.8. The molecule has 1 saturated carbocycles. The van der Waals surface area contributed by atoms with Crippen molar-refractivity contribution in [2.75, 3.05) is 0 Å². The highest BCUT2D eigenvalue weighted by atomic mass is 16.1. The highest BCUT2D eigenvalue weighted by Gasteiger charge is 2.32. The molecule has 1 N–H and O–H groups in total. The van der Waals surface area contributed by atoms with Gasteiger partial charge in [-0.25, -0.2) is 4.68 Å². The van der Waals surface area contributed by atoms with Gasteiger partial charge in [-0.15, -0.1) is 5.10 Å². The molecule has 2 aromatic carbocycles. The van der Waals surface area contributed by atoms with E-state index in [4.69, 9.17) is 0 Å². The van der Waals surface area contributed by atoms with Crippen LogP contribution < -0.4 is 5.56 Å². The molecule has 2 aromatic heterocycles. The van der Waals surface area contributed by atoms with Gasteiger partial charge in [-0.1, -0.05) is 75.2 Å². The Morgan fingerprint density at radius 2 is 1.83 bits per heavy atom. The van der Waals surface area contributed by atoms with Gasteiger partial charge < -0.3 is 4.98 Å². The number of hydrogen-bond donors (Lipinski definition) is 1. The molecular formula is C28H34N6O. The van der Waals surface area contributed by atoms with Gasteiger partial charge in [0.2, 0.25) is 0 Å². The predicted octanol–water partition coefficient (Wildman–Crippen LogP) is 5.34. The van der Waals surface area contributed by atoms with Gasteiger partial charge in [0.1, 0.15) is 0 Å². The normalized spacial score (nSPS) is 15.5. The minimum atomic E-state index is -0.0391. The van der Waals surface area contributed by atoms with Crippen LogP contribution in [0, 0.1) is 12.8 Å². The Kier molecular flexibility index (Phi) is 6.77. The zero-order valence-corrected chi connectivity index (χ0v) is 20.8. The lowest BCUT2D eigenvalue weighted by Gasteiger charge is -2.34. The summed E-state index contributed by atoms with van der Waals surface area (Å²) in [5, 5.41) is 14.1. The van der Waals surface area contributed by atoms with E-state index in [0.29, 0.717) is 19.1 Å². The first-order valence-corrected chi connectivity index (χ1v) is 12.7. The molecule has 0 bridgehead atoms. The number of fused-ring (bicyclic) bond motifs is 1. The summed E-state index contributed by atoms with van der Waals surface area (Å²) in [6, 6.07) is 18.9. The van der Waals surface area contributed by atoms with Crippen LogP contribution in [0.3, 0.4) is 0 Å². The molecular weight excluding hydrogens is 436 g/mol. The minimum absolute atomic E-state index is 0.0292. The first kappa shape index (κ1) is 23.4. The van der Waals surface area contributed by atoms with Crippen LogP contribution in [0.2, 0.25) is 0 Å². The SMILES string of the molecule is Cc1cccc2cc(CN(Cc3ccccc3)C(c3nnnn3C3CCCC3)C(C)C)c(=O)[nH]c12. The van der Waals surface area contributed by atoms with Crippen molar-refractivity contribution in [3.8, 4) is 0 Å². The molecule has 35 heavy (non-hydrogen) atoms. The van der Waals surface area contributed by atoms with E-state index in [1.807, 2.05) is 31.2 Å². The summed E-state index contributed by atoms with van der Waals surface area (Å²) in [5.41, 5.74) is 3.89. The Balaban J connectivity index is 1.56. The van der Waals surface area contributed by atoms with Gasteiger partial charge in [0.25, 0.3) is 5.56 Å². The Morgan fingerprint density at radius 3 is 2.57 bits per heavy atom. The molecule has 0 saturated heterocycles. The largest absolute Gasteiger partial charge is 0.321 e. The quantitative estimate of drug-likeness (QED) is 0.376. The lowest BCUT2D eigenvalue weighted by Crippen LogP contribution is -2.35. The Morgan fingerprint density at radius 1 is 1.06 bits per heavy atom. The van der Waals surface area contributed by atoms with E-state index in [9.17, 15) is 4.79 Å². The number of nitrogens with zero attached hydrogens (tertiary/aromatic N) is 5. The summed E-state index contributed by atoms with van der Waals surface area (Å²) in [4.78, 5) is 18.7. The summed E-state index contributed by atoms with van der Waals surface area (Å²) in [6.07, 6.45) is 4.67. The average Bonchev–Trinajstić information content (AvgIpc) is 3.53. The summed E-state index contributed by atoms with van der Waals surface area (Å²) in [6.45, 7) is 7.66. The summed E-state index contributed by atoms with van der Waals surface area (Å²) in [7, 11) is 0. The topological polar surface area (TPSA) is 79.7 Å². The third-order valence-electron chi connectivity index (χ3n) is 7.25. The number of aryl methyl sites for hydroxylation is 1. The highest BCUT2D eigenvalue weighted by molar-refractivity contribution is 5.81. The number of hydrogen-bond acceptors (Lipinski definition) is 5. The molecule has 7 heteroatoms. The Hall–Kier alpha value is -3.32. The minimum Gasteiger partial charge on any atom is -0.321 e. The van der Waals surface area contributed by atoms with Crippen molar-refractivity contribution < 1.29 is 0 Å². The first-order chi connectivity index (χ1) is 17.0. The highest BCUT2D eigenvalue weighted by Crippen LogP contribution is 2.35. The second-order valence-corrected chi connectivity index (χ2v) is 10.2. The number of para-hydroxylation sites is 1. The molecule has 2 heterocycles. The third kappa shape index (κ3) is 4.91. The van der Waals surface area contributed by atoms with Gasteiger partial charge in [0.15, 0.2) is 5.82 Å². The monoisotopic (exact) mass is 470 g/mol. The Bertz CT molecular complexity index is 1340. The number of H-pyrrole nitrogens is 1. The number of pyridine rings is 1. The van der Waals surface area contributed by atoms with Gasteiger partial charge in [-0.2, -0.15) is 0 Å². The third-order valence-corrected chi connectivity index (χ3v) is 7.25. The lowest BCUT2D eigenvalue weighted by molar-refractivity contribution is 0.123. The van der Waals surface area contributed by atoms with E-state index in [0.717, 1.165) is 40.7 Å². The van der Waals surface area contributed by atoms with Crippen LogP contribution in [0.15, 0.2) is 59.4 Å². The maximum atomic E-state index is 13.2. The van der Waals surface area contributed by atoms with Gasteiger partial charge >= 0.3 is 0 Å². The van der Waals surface area contributed by atoms with Crippen LogP contribution in [0.25, 0.3) is 10.9 Å². The fourth-order valence-electron chi connectivity index (χ4n) is 5.52. The molecule has 5 rings (SSSR count). The predicted molar refractivity (Wildman–Crippen MR) is 138 cm³/mol. The number of nitrogens with one attached hydrogen (secondary N) is 1. The van der Waals surface area contributed by atoms with E-state index in [1.165, 1.54) is 18.4 Å². The van der Waals surface area contributed by atoms with E-state index >= 15 is 0 Å². The molecule has 1 atom stereocenters. The second-order valence-electron chi connectivity index (χ2n) is 10.2. The van der Waals surface area contributed by atoms with Crippen molar-refractivity contribution in [3.63, 3.8) is 0 Å². The van der Waals surface area contributed by atoms with Crippen molar-refractivity contribution in [1.82, 2.24) is 30.1 Å². The first-order valence-electron chi connectivity index (χ1n) is 12.7. The molecule has 0 radical (unpaired) electrons. The molecule has 0 aliphatic heterocycles. The van der Waals surface area contributed by atoms with Crippen LogP contribution in [0.4, 0.5) is 0 Å². The van der Waals surface area contributed by atoms with E-state index in [2.05, 4.69) is 74.3 Å². The number of rotatable bonds is 8. The Labute approximate surface area is 206 Å². The van der Waals surface area contributed by atoms with E-state index < -0.39 is 0 Å². The number of aromatic nitrogens is 5. The van der Waals surface area contributed by atoms with Gasteiger partial charge in [-0.3, -0.25) is 9.69 Å². The summed E-state index contributed by atoms with van der Waals surface area (Å²) in [5.74, 6) is 1.16. The lowest BCUT2D eigenvalue weighted by atomic mass is 9.99. The van der Waals surface area contributed by atoms with Crippen LogP contribution in [0.1, 0.15) is 74.1 Å². The molecule has 182 valence electrons. The van der Waals surface area contributed by atoms with E-state index in [1.54, 1.807) is 0 Å². The fraction of sp³-hybridized carbons (Fsp3) is 0.429. The molecule has 1 fully saturated rings. The van der Waals surface area contributed by atoms with Crippen LogP contribution in [-0.2, 0) is 13.1 Å². The van der Waals surface area contributed by atoms with E-state index in [-0.39, 0.29) is 17.5 Å². The van der Waals surface area contributed by atoms with Crippen LogP contribution in [-0.4, -0.2) is 30.1 Å². The molecule has 7 nitrogen and oxygen atoms in total. The molecule has 4 aromatic rings. The maximum Gasteiger partial charge on any atom is 0.252 e. The molecule has 0 spiro atoms. The second kappa shape index (κ2) is 10.1. The fourth-order valence-corrected chi connectivity index (χ4v) is 5.52. The zero-order chi connectivity index (χ0) is 24.4.